The normalized spacial score (nSPS) is 15.6. The Hall–Kier alpha value is -1.55. The van der Waals surface area contributed by atoms with Crippen LogP contribution in [0.15, 0.2) is 18.2 Å². The van der Waals surface area contributed by atoms with E-state index in [2.05, 4.69) is 12.2 Å². The summed E-state index contributed by atoms with van der Waals surface area (Å²) in [6.45, 7) is 7.62. The van der Waals surface area contributed by atoms with Crippen molar-refractivity contribution in [2.24, 2.45) is 0 Å². The minimum atomic E-state index is 0.101. The molecule has 0 atom stereocenters. The van der Waals surface area contributed by atoms with Crippen LogP contribution >= 0.6 is 0 Å². The molecule has 1 fully saturated rings. The molecule has 98 valence electrons. The van der Waals surface area contributed by atoms with Gasteiger partial charge in [-0.2, -0.15) is 0 Å². The molecule has 4 heteroatoms. The van der Waals surface area contributed by atoms with Crippen molar-refractivity contribution in [1.29, 1.82) is 0 Å². The fourth-order valence-corrected chi connectivity index (χ4v) is 2.13. The molecule has 1 aliphatic heterocycles. The van der Waals surface area contributed by atoms with Crippen molar-refractivity contribution >= 4 is 11.6 Å². The van der Waals surface area contributed by atoms with E-state index in [1.165, 1.54) is 0 Å². The molecule has 1 saturated heterocycles. The molecule has 2 rings (SSSR count). The zero-order valence-electron chi connectivity index (χ0n) is 11.0. The molecule has 18 heavy (non-hydrogen) atoms. The van der Waals surface area contributed by atoms with Gasteiger partial charge in [0.25, 0.3) is 5.91 Å². The van der Waals surface area contributed by atoms with E-state index in [0.717, 1.165) is 23.4 Å². The van der Waals surface area contributed by atoms with E-state index >= 15 is 0 Å². The van der Waals surface area contributed by atoms with Crippen LogP contribution in [0.5, 0.6) is 0 Å². The largest absolute Gasteiger partial charge is 0.385 e. The van der Waals surface area contributed by atoms with Gasteiger partial charge in [-0.25, -0.2) is 0 Å². The molecule has 1 heterocycles. The third-order valence-electron chi connectivity index (χ3n) is 3.14. The Morgan fingerprint density at radius 1 is 1.39 bits per heavy atom. The van der Waals surface area contributed by atoms with E-state index in [4.69, 9.17) is 4.74 Å². The summed E-state index contributed by atoms with van der Waals surface area (Å²) in [6, 6.07) is 5.82. The molecule has 1 amide bonds. The average Bonchev–Trinajstić information content (AvgIpc) is 2.41. The predicted octanol–water partition coefficient (Wildman–Crippen LogP) is 1.90. The maximum Gasteiger partial charge on any atom is 0.254 e. The second kappa shape index (κ2) is 5.87. The number of aryl methyl sites for hydroxylation is 1. The summed E-state index contributed by atoms with van der Waals surface area (Å²) in [4.78, 5) is 14.1. The highest BCUT2D eigenvalue weighted by Crippen LogP contribution is 2.17. The van der Waals surface area contributed by atoms with E-state index in [-0.39, 0.29) is 5.91 Å². The minimum absolute atomic E-state index is 0.101. The molecule has 0 spiro atoms. The SMILES string of the molecule is CCNc1ccc(C(=O)N2CCOCC2)cc1C. The van der Waals surface area contributed by atoms with Crippen LogP contribution in [0.3, 0.4) is 0 Å². The van der Waals surface area contributed by atoms with Gasteiger partial charge in [-0.15, -0.1) is 0 Å². The Balaban J connectivity index is 2.12. The first-order valence-electron chi connectivity index (χ1n) is 6.44. The van der Waals surface area contributed by atoms with Crippen molar-refractivity contribution in [2.45, 2.75) is 13.8 Å². The average molecular weight is 248 g/mol. The van der Waals surface area contributed by atoms with Gasteiger partial charge < -0.3 is 15.0 Å². The first-order valence-corrected chi connectivity index (χ1v) is 6.44. The van der Waals surface area contributed by atoms with Gasteiger partial charge in [-0.1, -0.05) is 0 Å². The number of rotatable bonds is 3. The van der Waals surface area contributed by atoms with Crippen molar-refractivity contribution in [1.82, 2.24) is 4.90 Å². The maximum atomic E-state index is 12.3. The summed E-state index contributed by atoms with van der Waals surface area (Å²) in [5.41, 5.74) is 2.96. The summed E-state index contributed by atoms with van der Waals surface area (Å²) in [6.07, 6.45) is 0. The Morgan fingerprint density at radius 2 is 2.11 bits per heavy atom. The van der Waals surface area contributed by atoms with E-state index in [9.17, 15) is 4.79 Å². The van der Waals surface area contributed by atoms with Crippen LogP contribution in [0.25, 0.3) is 0 Å². The van der Waals surface area contributed by atoms with Gasteiger partial charge in [0.15, 0.2) is 0 Å². The van der Waals surface area contributed by atoms with Crippen LogP contribution in [0, 0.1) is 6.92 Å². The summed E-state index contributed by atoms with van der Waals surface area (Å²) >= 11 is 0. The lowest BCUT2D eigenvalue weighted by Crippen LogP contribution is -2.40. The third-order valence-corrected chi connectivity index (χ3v) is 3.14. The predicted molar refractivity (Wildman–Crippen MR) is 72.1 cm³/mol. The fourth-order valence-electron chi connectivity index (χ4n) is 2.13. The molecule has 4 nitrogen and oxygen atoms in total. The summed E-state index contributed by atoms with van der Waals surface area (Å²) in [5.74, 6) is 0.101. The smallest absolute Gasteiger partial charge is 0.254 e. The number of carbonyl (C=O) groups excluding carboxylic acids is 1. The van der Waals surface area contributed by atoms with E-state index in [0.29, 0.717) is 26.3 Å². The van der Waals surface area contributed by atoms with Crippen LogP contribution in [0.2, 0.25) is 0 Å². The van der Waals surface area contributed by atoms with Crippen molar-refractivity contribution < 1.29 is 9.53 Å². The van der Waals surface area contributed by atoms with Gasteiger partial charge in [0, 0.05) is 30.9 Å². The molecular weight excluding hydrogens is 228 g/mol. The molecule has 1 aromatic carbocycles. The zero-order chi connectivity index (χ0) is 13.0. The Bertz CT molecular complexity index is 426. The number of hydrogen-bond donors (Lipinski definition) is 1. The second-order valence-electron chi connectivity index (χ2n) is 4.46. The highest BCUT2D eigenvalue weighted by Gasteiger charge is 2.18. The van der Waals surface area contributed by atoms with Crippen LogP contribution in [0.1, 0.15) is 22.8 Å². The van der Waals surface area contributed by atoms with Crippen molar-refractivity contribution in [2.75, 3.05) is 38.2 Å². The van der Waals surface area contributed by atoms with Crippen molar-refractivity contribution in [3.05, 3.63) is 29.3 Å². The van der Waals surface area contributed by atoms with Gasteiger partial charge in [-0.05, 0) is 37.6 Å². The Morgan fingerprint density at radius 3 is 2.72 bits per heavy atom. The second-order valence-corrected chi connectivity index (χ2v) is 4.46. The molecule has 0 radical (unpaired) electrons. The summed E-state index contributed by atoms with van der Waals surface area (Å²) in [7, 11) is 0. The number of morpholine rings is 1. The molecular formula is C14H20N2O2. The van der Waals surface area contributed by atoms with Crippen LogP contribution in [-0.2, 0) is 4.74 Å². The number of anilines is 1. The Kier molecular flexibility index (Phi) is 4.20. The Labute approximate surface area is 108 Å². The van der Waals surface area contributed by atoms with Gasteiger partial charge in [0.05, 0.1) is 13.2 Å². The van der Waals surface area contributed by atoms with Gasteiger partial charge in [0.2, 0.25) is 0 Å². The number of ether oxygens (including phenoxy) is 1. The number of carbonyl (C=O) groups is 1. The lowest BCUT2D eigenvalue weighted by Gasteiger charge is -2.27. The van der Waals surface area contributed by atoms with Gasteiger partial charge >= 0.3 is 0 Å². The zero-order valence-corrected chi connectivity index (χ0v) is 11.0. The minimum Gasteiger partial charge on any atom is -0.385 e. The third kappa shape index (κ3) is 2.82. The van der Waals surface area contributed by atoms with E-state index < -0.39 is 0 Å². The molecule has 0 bridgehead atoms. The first-order chi connectivity index (χ1) is 8.72. The van der Waals surface area contributed by atoms with Crippen LogP contribution in [0.4, 0.5) is 5.69 Å². The van der Waals surface area contributed by atoms with Crippen LogP contribution < -0.4 is 5.32 Å². The van der Waals surface area contributed by atoms with Gasteiger partial charge in [-0.3, -0.25) is 4.79 Å². The number of amides is 1. The van der Waals surface area contributed by atoms with E-state index in [1.54, 1.807) is 0 Å². The molecule has 1 N–H and O–H groups in total. The standard InChI is InChI=1S/C14H20N2O2/c1-3-15-13-5-4-12(10-11(13)2)14(17)16-6-8-18-9-7-16/h4-5,10,15H,3,6-9H2,1-2H3. The molecule has 0 unspecified atom stereocenters. The summed E-state index contributed by atoms with van der Waals surface area (Å²) < 4.78 is 5.26. The van der Waals surface area contributed by atoms with Gasteiger partial charge in [0.1, 0.15) is 0 Å². The molecule has 0 saturated carbocycles. The quantitative estimate of drug-likeness (QED) is 0.888. The van der Waals surface area contributed by atoms with Crippen molar-refractivity contribution in [3.63, 3.8) is 0 Å². The van der Waals surface area contributed by atoms with Crippen LogP contribution in [-0.4, -0.2) is 43.7 Å². The number of hydrogen-bond acceptors (Lipinski definition) is 3. The highest BCUT2D eigenvalue weighted by molar-refractivity contribution is 5.95. The molecule has 1 aliphatic rings. The summed E-state index contributed by atoms with van der Waals surface area (Å²) in [5, 5.41) is 3.28. The number of nitrogens with zero attached hydrogens (tertiary/aromatic N) is 1. The fraction of sp³-hybridized carbons (Fsp3) is 0.500. The lowest BCUT2D eigenvalue weighted by atomic mass is 10.1. The molecule has 0 aliphatic carbocycles. The number of benzene rings is 1. The molecule has 1 aromatic rings. The number of nitrogens with one attached hydrogen (secondary N) is 1. The topological polar surface area (TPSA) is 41.6 Å². The van der Waals surface area contributed by atoms with Crippen molar-refractivity contribution in [3.8, 4) is 0 Å². The maximum absolute atomic E-state index is 12.3. The van der Waals surface area contributed by atoms with E-state index in [1.807, 2.05) is 30.0 Å². The monoisotopic (exact) mass is 248 g/mol. The first kappa shape index (κ1) is 12.9. The lowest BCUT2D eigenvalue weighted by molar-refractivity contribution is 0.0303. The highest BCUT2D eigenvalue weighted by atomic mass is 16.5. The molecule has 0 aromatic heterocycles.